The van der Waals surface area contributed by atoms with E-state index in [4.69, 9.17) is 21.1 Å². The van der Waals surface area contributed by atoms with Crippen molar-refractivity contribution in [3.05, 3.63) is 42.2 Å². The molecular weight excluding hydrogens is 362 g/mol. The topological polar surface area (TPSA) is 114 Å². The van der Waals surface area contributed by atoms with Crippen molar-refractivity contribution >= 4 is 17.9 Å². The molecule has 9 heteroatoms. The Morgan fingerprint density at radius 3 is 2.82 bits per heavy atom. The summed E-state index contributed by atoms with van der Waals surface area (Å²) < 4.78 is 10.2. The van der Waals surface area contributed by atoms with Crippen molar-refractivity contribution in [2.24, 2.45) is 17.5 Å². The van der Waals surface area contributed by atoms with Crippen LogP contribution in [0.1, 0.15) is 12.0 Å². The summed E-state index contributed by atoms with van der Waals surface area (Å²) in [7, 11) is 1.41. The normalized spacial score (nSPS) is 28.4. The van der Waals surface area contributed by atoms with E-state index in [1.807, 2.05) is 24.3 Å². The fourth-order valence-electron chi connectivity index (χ4n) is 4.41. The number of anilines is 1. The van der Waals surface area contributed by atoms with Crippen molar-refractivity contribution < 1.29 is 19.1 Å². The Labute approximate surface area is 163 Å². The number of ether oxygens (including phenoxy) is 2. The minimum atomic E-state index is -0.386. The van der Waals surface area contributed by atoms with Gasteiger partial charge in [0.25, 0.3) is 0 Å². The number of hydrazine groups is 1. The molecule has 28 heavy (non-hydrogen) atoms. The molecule has 3 fully saturated rings. The van der Waals surface area contributed by atoms with E-state index < -0.39 is 0 Å². The maximum Gasteiger partial charge on any atom is 0.414 e. The number of fused-ring (bicyclic) bond motifs is 1. The van der Waals surface area contributed by atoms with Crippen LogP contribution in [-0.2, 0) is 14.9 Å². The molecule has 4 N–H and O–H groups in total. The lowest BCUT2D eigenvalue weighted by Crippen LogP contribution is -2.36. The van der Waals surface area contributed by atoms with Gasteiger partial charge in [-0.2, -0.15) is 0 Å². The number of hydrogen-bond acceptors (Lipinski definition) is 7. The largest absolute Gasteiger partial charge is 0.453 e. The number of benzene rings is 1. The molecule has 2 amide bonds. The Bertz CT molecular complexity index is 798. The third-order valence-corrected chi connectivity index (χ3v) is 5.90. The second-order valence-electron chi connectivity index (χ2n) is 7.61. The van der Waals surface area contributed by atoms with Gasteiger partial charge in [0.05, 0.1) is 20.2 Å². The first kappa shape index (κ1) is 18.4. The molecule has 0 radical (unpaired) electrons. The molecule has 3 unspecified atom stereocenters. The minimum Gasteiger partial charge on any atom is -0.453 e. The number of cyclic esters (lactones) is 1. The third-order valence-electron chi connectivity index (χ3n) is 5.90. The maximum absolute atomic E-state index is 12.2. The van der Waals surface area contributed by atoms with Gasteiger partial charge < -0.3 is 25.1 Å². The molecule has 1 saturated carbocycles. The molecule has 4 rings (SSSR count). The lowest BCUT2D eigenvalue weighted by atomic mass is 9.95. The van der Waals surface area contributed by atoms with E-state index in [2.05, 4.69) is 0 Å². The van der Waals surface area contributed by atoms with Crippen molar-refractivity contribution in [3.63, 3.8) is 0 Å². The number of piperidine rings is 1. The molecule has 2 aliphatic heterocycles. The van der Waals surface area contributed by atoms with Crippen molar-refractivity contribution in [2.75, 3.05) is 38.2 Å². The van der Waals surface area contributed by atoms with Crippen LogP contribution in [0, 0.1) is 5.92 Å². The van der Waals surface area contributed by atoms with E-state index in [0.717, 1.165) is 18.7 Å². The van der Waals surface area contributed by atoms with Crippen LogP contribution in [0.2, 0.25) is 0 Å². The first-order chi connectivity index (χ1) is 13.5. The molecular formula is C19H25N5O4. The zero-order valence-electron chi connectivity index (χ0n) is 15.8. The van der Waals surface area contributed by atoms with Gasteiger partial charge in [-0.1, -0.05) is 12.1 Å². The van der Waals surface area contributed by atoms with E-state index in [9.17, 15) is 9.59 Å². The van der Waals surface area contributed by atoms with Crippen LogP contribution in [0.4, 0.5) is 15.3 Å². The van der Waals surface area contributed by atoms with Gasteiger partial charge in [0.2, 0.25) is 0 Å². The Balaban J connectivity index is 1.42. The van der Waals surface area contributed by atoms with Crippen molar-refractivity contribution in [2.45, 2.75) is 17.9 Å². The van der Waals surface area contributed by atoms with Gasteiger partial charge in [0.15, 0.2) is 0 Å². The summed E-state index contributed by atoms with van der Waals surface area (Å²) >= 11 is 0. The second-order valence-corrected chi connectivity index (χ2v) is 7.61. The molecule has 1 aromatic rings. The number of carbonyl (C=O) groups excluding carboxylic acids is 2. The number of rotatable bonds is 5. The van der Waals surface area contributed by atoms with Gasteiger partial charge in [-0.3, -0.25) is 4.90 Å². The molecule has 3 aliphatic rings. The quantitative estimate of drug-likeness (QED) is 0.571. The molecule has 150 valence electrons. The Kier molecular flexibility index (Phi) is 4.54. The average Bonchev–Trinajstić information content (AvgIpc) is 3.06. The lowest BCUT2D eigenvalue weighted by Gasteiger charge is -2.21. The molecule has 1 aromatic carbocycles. The molecule has 0 aromatic heterocycles. The Hall–Kier alpha value is -2.94. The van der Waals surface area contributed by atoms with Gasteiger partial charge in [-0.15, -0.1) is 0 Å². The zero-order valence-corrected chi connectivity index (χ0v) is 15.8. The number of likely N-dealkylation sites (tertiary alicyclic amines) is 1. The van der Waals surface area contributed by atoms with Crippen LogP contribution < -0.4 is 16.5 Å². The fourth-order valence-corrected chi connectivity index (χ4v) is 4.41. The minimum absolute atomic E-state index is 0.0232. The van der Waals surface area contributed by atoms with Crippen LogP contribution in [0.5, 0.6) is 0 Å². The summed E-state index contributed by atoms with van der Waals surface area (Å²) in [5, 5.41) is 1.39. The van der Waals surface area contributed by atoms with Gasteiger partial charge >= 0.3 is 12.2 Å². The smallest absolute Gasteiger partial charge is 0.414 e. The lowest BCUT2D eigenvalue weighted by molar-refractivity contribution is 0.122. The number of amides is 2. The number of hydrogen-bond donors (Lipinski definition) is 2. The van der Waals surface area contributed by atoms with E-state index in [1.54, 1.807) is 9.80 Å². The van der Waals surface area contributed by atoms with Gasteiger partial charge in [0, 0.05) is 36.6 Å². The Morgan fingerprint density at radius 2 is 2.14 bits per heavy atom. The van der Waals surface area contributed by atoms with Crippen molar-refractivity contribution in [1.82, 2.24) is 9.91 Å². The summed E-state index contributed by atoms with van der Waals surface area (Å²) in [5.74, 6) is 6.24. The highest BCUT2D eigenvalue weighted by Gasteiger charge is 2.61. The van der Waals surface area contributed by atoms with Crippen molar-refractivity contribution in [3.8, 4) is 0 Å². The predicted octanol–water partition coefficient (Wildman–Crippen LogP) is 0.957. The summed E-state index contributed by atoms with van der Waals surface area (Å²) in [6.45, 7) is 2.20. The highest BCUT2D eigenvalue weighted by Crippen LogP contribution is 2.59. The van der Waals surface area contributed by atoms with E-state index in [-0.39, 0.29) is 23.7 Å². The van der Waals surface area contributed by atoms with Crippen LogP contribution in [0.15, 0.2) is 36.7 Å². The highest BCUT2D eigenvalue weighted by atomic mass is 16.6. The van der Waals surface area contributed by atoms with Crippen molar-refractivity contribution in [1.29, 1.82) is 0 Å². The zero-order chi connectivity index (χ0) is 19.9. The summed E-state index contributed by atoms with van der Waals surface area (Å²) in [4.78, 5) is 27.4. The predicted molar refractivity (Wildman–Crippen MR) is 102 cm³/mol. The third kappa shape index (κ3) is 3.11. The molecule has 1 aliphatic carbocycles. The van der Waals surface area contributed by atoms with E-state index in [1.165, 1.54) is 30.1 Å². The molecule has 9 nitrogen and oxygen atoms in total. The molecule has 0 bridgehead atoms. The standard InChI is InChI=1S/C19H25N5O4/c1-27-17(25)22-9-14-8-19(14,12-22)13-2-4-15(5-3-13)24-11-16(28-18(24)26)10-23(21)7-6-20/h2-7,14,16H,8-12,20-21H2,1H3/b7-6-. The monoisotopic (exact) mass is 387 g/mol. The van der Waals surface area contributed by atoms with Crippen LogP contribution >= 0.6 is 0 Å². The number of nitrogens with zero attached hydrogens (tertiary/aromatic N) is 3. The first-order valence-corrected chi connectivity index (χ1v) is 9.28. The maximum atomic E-state index is 12.2. The molecule has 0 spiro atoms. The number of methoxy groups -OCH3 is 1. The van der Waals surface area contributed by atoms with Crippen LogP contribution in [0.3, 0.4) is 0 Å². The van der Waals surface area contributed by atoms with Crippen LogP contribution in [-0.4, -0.2) is 61.5 Å². The van der Waals surface area contributed by atoms with Gasteiger partial charge in [-0.05, 0) is 30.0 Å². The molecule has 3 atom stereocenters. The summed E-state index contributed by atoms with van der Waals surface area (Å²) in [6.07, 6.45) is 2.95. The van der Waals surface area contributed by atoms with Gasteiger partial charge in [0.1, 0.15) is 6.10 Å². The second kappa shape index (κ2) is 6.90. The average molecular weight is 387 g/mol. The summed E-state index contributed by atoms with van der Waals surface area (Å²) in [5.41, 5.74) is 7.31. The van der Waals surface area contributed by atoms with Gasteiger partial charge in [-0.25, -0.2) is 15.4 Å². The first-order valence-electron chi connectivity index (χ1n) is 9.28. The molecule has 2 heterocycles. The summed E-state index contributed by atoms with van der Waals surface area (Å²) in [6, 6.07) is 7.96. The van der Waals surface area contributed by atoms with E-state index >= 15 is 0 Å². The van der Waals surface area contributed by atoms with Crippen LogP contribution in [0.25, 0.3) is 0 Å². The SMILES string of the molecule is COC(=O)N1CC2CC2(c2ccc(N3CC(CN(N)/C=C\N)OC3=O)cc2)C1. The van der Waals surface area contributed by atoms with E-state index in [0.29, 0.717) is 25.6 Å². The Morgan fingerprint density at radius 1 is 1.39 bits per heavy atom. The highest BCUT2D eigenvalue weighted by molar-refractivity contribution is 5.89. The molecule has 2 saturated heterocycles. The number of carbonyl (C=O) groups is 2. The fraction of sp³-hybridized carbons (Fsp3) is 0.474. The number of nitrogens with two attached hydrogens (primary N) is 2.